The first-order valence-electron chi connectivity index (χ1n) is 8.34. The summed E-state index contributed by atoms with van der Waals surface area (Å²) in [5, 5.41) is 0. The molecule has 0 radical (unpaired) electrons. The first-order chi connectivity index (χ1) is 10.2. The Morgan fingerprint density at radius 1 is 1.14 bits per heavy atom. The van der Waals surface area contributed by atoms with Gasteiger partial charge in [0, 0.05) is 23.8 Å². The third-order valence-corrected chi connectivity index (χ3v) is 5.25. The van der Waals surface area contributed by atoms with Gasteiger partial charge in [-0.15, -0.1) is 0 Å². The number of hydrogen-bond acceptors (Lipinski definition) is 2. The van der Waals surface area contributed by atoms with E-state index in [0.717, 1.165) is 24.1 Å². The van der Waals surface area contributed by atoms with E-state index >= 15 is 0 Å². The average molecular weight is 286 g/mol. The van der Waals surface area contributed by atoms with Gasteiger partial charge in [0.15, 0.2) is 0 Å². The van der Waals surface area contributed by atoms with Crippen LogP contribution in [0.4, 0.5) is 5.69 Å². The predicted octanol–water partition coefficient (Wildman–Crippen LogP) is 3.76. The molecule has 1 aromatic rings. The average Bonchev–Trinajstić information content (AvgIpc) is 2.99. The van der Waals surface area contributed by atoms with Crippen molar-refractivity contribution in [2.45, 2.75) is 57.9 Å². The smallest absolute Gasteiger partial charge is 0.254 e. The lowest BCUT2D eigenvalue weighted by Crippen LogP contribution is -2.41. The van der Waals surface area contributed by atoms with Crippen molar-refractivity contribution in [2.24, 2.45) is 5.92 Å². The first kappa shape index (κ1) is 14.4. The van der Waals surface area contributed by atoms with Gasteiger partial charge < -0.3 is 10.6 Å². The maximum Gasteiger partial charge on any atom is 0.254 e. The van der Waals surface area contributed by atoms with Crippen LogP contribution in [0.5, 0.6) is 0 Å². The van der Waals surface area contributed by atoms with Crippen molar-refractivity contribution in [3.05, 3.63) is 29.3 Å². The molecule has 21 heavy (non-hydrogen) atoms. The Bertz CT molecular complexity index is 520. The molecule has 3 rings (SSSR count). The Kier molecular flexibility index (Phi) is 4.18. The van der Waals surface area contributed by atoms with Crippen LogP contribution in [0.3, 0.4) is 0 Å². The fourth-order valence-electron chi connectivity index (χ4n) is 4.08. The van der Waals surface area contributed by atoms with E-state index in [9.17, 15) is 4.79 Å². The second kappa shape index (κ2) is 6.08. The van der Waals surface area contributed by atoms with Gasteiger partial charge in [-0.3, -0.25) is 4.79 Å². The number of carbonyl (C=O) groups excluding carboxylic acids is 1. The Balaban J connectivity index is 1.80. The van der Waals surface area contributed by atoms with Gasteiger partial charge in [0.1, 0.15) is 0 Å². The van der Waals surface area contributed by atoms with Crippen LogP contribution < -0.4 is 5.73 Å². The van der Waals surface area contributed by atoms with Crippen molar-refractivity contribution >= 4 is 11.6 Å². The van der Waals surface area contributed by atoms with Crippen LogP contribution >= 0.6 is 0 Å². The number of nitrogens with zero attached hydrogens (tertiary/aromatic N) is 1. The van der Waals surface area contributed by atoms with Crippen LogP contribution in [-0.2, 0) is 0 Å². The van der Waals surface area contributed by atoms with Crippen LogP contribution in [-0.4, -0.2) is 23.4 Å². The quantitative estimate of drug-likeness (QED) is 0.841. The molecule has 2 N–H and O–H groups in total. The number of nitrogen functional groups attached to an aromatic ring is 1. The van der Waals surface area contributed by atoms with Crippen molar-refractivity contribution in [3.8, 4) is 0 Å². The number of amides is 1. The first-order valence-corrected chi connectivity index (χ1v) is 8.34. The van der Waals surface area contributed by atoms with Gasteiger partial charge in [0.05, 0.1) is 0 Å². The van der Waals surface area contributed by atoms with E-state index in [1.807, 2.05) is 25.1 Å². The van der Waals surface area contributed by atoms with Crippen LogP contribution in [0.2, 0.25) is 0 Å². The van der Waals surface area contributed by atoms with E-state index < -0.39 is 0 Å². The predicted molar refractivity (Wildman–Crippen MR) is 86.2 cm³/mol. The molecule has 0 bridgehead atoms. The number of benzene rings is 1. The van der Waals surface area contributed by atoms with Crippen molar-refractivity contribution in [2.75, 3.05) is 12.3 Å². The second-order valence-electron chi connectivity index (χ2n) is 6.68. The van der Waals surface area contributed by atoms with Crippen molar-refractivity contribution < 1.29 is 4.79 Å². The number of carbonyl (C=O) groups is 1. The maximum absolute atomic E-state index is 12.9. The van der Waals surface area contributed by atoms with Gasteiger partial charge >= 0.3 is 0 Å². The summed E-state index contributed by atoms with van der Waals surface area (Å²) < 4.78 is 0. The van der Waals surface area contributed by atoms with E-state index in [-0.39, 0.29) is 5.91 Å². The maximum atomic E-state index is 12.9. The summed E-state index contributed by atoms with van der Waals surface area (Å²) >= 11 is 0. The molecule has 0 spiro atoms. The Morgan fingerprint density at radius 2 is 1.90 bits per heavy atom. The highest BCUT2D eigenvalue weighted by atomic mass is 16.2. The Morgan fingerprint density at radius 3 is 2.67 bits per heavy atom. The molecule has 0 aromatic heterocycles. The Hall–Kier alpha value is -1.51. The van der Waals surface area contributed by atoms with Crippen LogP contribution in [0.25, 0.3) is 0 Å². The highest BCUT2D eigenvalue weighted by Crippen LogP contribution is 2.35. The zero-order valence-corrected chi connectivity index (χ0v) is 13.0. The van der Waals surface area contributed by atoms with Crippen LogP contribution in [0.15, 0.2) is 18.2 Å². The van der Waals surface area contributed by atoms with E-state index in [0.29, 0.717) is 17.6 Å². The number of aryl methyl sites for hydroxylation is 1. The molecule has 3 nitrogen and oxygen atoms in total. The fourth-order valence-corrected chi connectivity index (χ4v) is 4.08. The molecule has 1 saturated carbocycles. The molecule has 1 aliphatic carbocycles. The molecule has 1 atom stereocenters. The second-order valence-corrected chi connectivity index (χ2v) is 6.68. The summed E-state index contributed by atoms with van der Waals surface area (Å²) in [4.78, 5) is 15.1. The summed E-state index contributed by atoms with van der Waals surface area (Å²) in [5.41, 5.74) is 8.37. The van der Waals surface area contributed by atoms with E-state index in [1.54, 1.807) is 0 Å². The number of nitrogens with two attached hydrogens (primary N) is 1. The SMILES string of the molecule is Cc1ccc(N)cc1C(=O)N1CCCC1C1CCCCC1. The molecule has 1 heterocycles. The molecule has 2 aliphatic rings. The molecule has 1 aliphatic heterocycles. The van der Waals surface area contributed by atoms with Crippen LogP contribution in [0.1, 0.15) is 60.9 Å². The summed E-state index contributed by atoms with van der Waals surface area (Å²) in [6, 6.07) is 6.12. The van der Waals surface area contributed by atoms with Gasteiger partial charge in [-0.2, -0.15) is 0 Å². The summed E-state index contributed by atoms with van der Waals surface area (Å²) in [6.07, 6.45) is 8.95. The zero-order valence-electron chi connectivity index (χ0n) is 13.0. The molecule has 2 fully saturated rings. The van der Waals surface area contributed by atoms with Gasteiger partial charge in [-0.25, -0.2) is 0 Å². The molecular formula is C18H26N2O. The third kappa shape index (κ3) is 2.92. The summed E-state index contributed by atoms with van der Waals surface area (Å²) in [7, 11) is 0. The highest BCUT2D eigenvalue weighted by Gasteiger charge is 2.35. The molecule has 1 amide bonds. The van der Waals surface area contributed by atoms with Crippen molar-refractivity contribution in [3.63, 3.8) is 0 Å². The highest BCUT2D eigenvalue weighted by molar-refractivity contribution is 5.96. The van der Waals surface area contributed by atoms with Crippen molar-refractivity contribution in [1.82, 2.24) is 4.90 Å². The Labute approximate surface area is 127 Å². The monoisotopic (exact) mass is 286 g/mol. The lowest BCUT2D eigenvalue weighted by atomic mass is 9.83. The van der Waals surface area contributed by atoms with Gasteiger partial charge in [0.2, 0.25) is 0 Å². The summed E-state index contributed by atoms with van der Waals surface area (Å²) in [5.74, 6) is 0.902. The topological polar surface area (TPSA) is 46.3 Å². The van der Waals surface area contributed by atoms with Crippen molar-refractivity contribution in [1.29, 1.82) is 0 Å². The lowest BCUT2D eigenvalue weighted by molar-refractivity contribution is 0.0661. The molecule has 1 unspecified atom stereocenters. The lowest BCUT2D eigenvalue weighted by Gasteiger charge is -2.34. The van der Waals surface area contributed by atoms with E-state index in [4.69, 9.17) is 5.73 Å². The van der Waals surface area contributed by atoms with Gasteiger partial charge in [0.25, 0.3) is 5.91 Å². The number of hydrogen-bond donors (Lipinski definition) is 1. The normalized spacial score (nSPS) is 23.5. The zero-order chi connectivity index (χ0) is 14.8. The minimum atomic E-state index is 0.188. The number of likely N-dealkylation sites (tertiary alicyclic amines) is 1. The number of anilines is 1. The van der Waals surface area contributed by atoms with E-state index in [1.165, 1.54) is 38.5 Å². The van der Waals surface area contributed by atoms with Gasteiger partial charge in [-0.05, 0) is 56.2 Å². The fraction of sp³-hybridized carbons (Fsp3) is 0.611. The minimum Gasteiger partial charge on any atom is -0.399 e. The minimum absolute atomic E-state index is 0.188. The standard InChI is InChI=1S/C18H26N2O/c1-13-9-10-15(19)12-16(13)18(21)20-11-5-8-17(20)14-6-3-2-4-7-14/h9-10,12,14,17H,2-8,11,19H2,1H3. The largest absolute Gasteiger partial charge is 0.399 e. The molecular weight excluding hydrogens is 260 g/mol. The molecule has 114 valence electrons. The van der Waals surface area contributed by atoms with Crippen LogP contribution in [0, 0.1) is 12.8 Å². The molecule has 1 aromatic carbocycles. The number of rotatable bonds is 2. The van der Waals surface area contributed by atoms with Gasteiger partial charge in [-0.1, -0.05) is 25.3 Å². The molecule has 1 saturated heterocycles. The third-order valence-electron chi connectivity index (χ3n) is 5.25. The summed E-state index contributed by atoms with van der Waals surface area (Å²) in [6.45, 7) is 2.91. The van der Waals surface area contributed by atoms with E-state index in [2.05, 4.69) is 4.90 Å². The molecule has 3 heteroatoms.